The highest BCUT2D eigenvalue weighted by Gasteiger charge is 1.72. The van der Waals surface area contributed by atoms with Gasteiger partial charge in [0.25, 0.3) is 0 Å². The van der Waals surface area contributed by atoms with Gasteiger partial charge in [0.1, 0.15) is 5.78 Å². The van der Waals surface area contributed by atoms with Crippen LogP contribution in [-0.4, -0.2) is 10.5 Å². The van der Waals surface area contributed by atoms with Crippen LogP contribution in [0.3, 0.4) is 0 Å². The number of carbonyl (C=O) groups is 2. The van der Waals surface area contributed by atoms with Gasteiger partial charge in [-0.3, -0.25) is 4.79 Å². The Morgan fingerprint density at radius 3 is 1.12 bits per heavy atom. The smallest absolute Gasteiger partial charge is 0.300 e. The fourth-order valence-corrected chi connectivity index (χ4v) is 0. The molecule has 0 bridgehead atoms. The van der Waals surface area contributed by atoms with E-state index >= 15 is 0 Å². The summed E-state index contributed by atoms with van der Waals surface area (Å²) < 4.78 is -0.889. The van der Waals surface area contributed by atoms with Crippen molar-refractivity contribution in [3.05, 3.63) is 0 Å². The van der Waals surface area contributed by atoms with Gasteiger partial charge in [-0.1, -0.05) is 0 Å². The van der Waals surface area contributed by atoms with Crippen LogP contribution in [-0.2, 0) is 4.79 Å². The van der Waals surface area contributed by atoms with Crippen LogP contribution in [0.2, 0.25) is 0 Å². The van der Waals surface area contributed by atoms with Gasteiger partial charge in [0.2, 0.25) is 0 Å². The summed E-state index contributed by atoms with van der Waals surface area (Å²) in [5.41, 5.74) is 0. The van der Waals surface area contributed by atoms with E-state index in [1.165, 1.54) is 13.8 Å². The molecule has 0 saturated heterocycles. The second-order valence-electron chi connectivity index (χ2n) is 1.13. The largest absolute Gasteiger partial charge is 0.313 e. The lowest BCUT2D eigenvalue weighted by molar-refractivity contribution is -0.114. The SMILES string of the molecule is CC(C)=O.O=C(Cl)Cl. The highest BCUT2D eigenvalue weighted by atomic mass is 35.5. The molecule has 0 unspecified atom stereocenters. The van der Waals surface area contributed by atoms with Crippen LogP contribution in [0.5, 0.6) is 0 Å². The van der Waals surface area contributed by atoms with Crippen molar-refractivity contribution in [2.45, 2.75) is 13.8 Å². The van der Waals surface area contributed by atoms with E-state index in [4.69, 9.17) is 4.79 Å². The van der Waals surface area contributed by atoms with Gasteiger partial charge in [-0.2, -0.15) is 0 Å². The zero-order valence-corrected chi connectivity index (χ0v) is 6.08. The summed E-state index contributed by atoms with van der Waals surface area (Å²) in [6.07, 6.45) is 0. The van der Waals surface area contributed by atoms with E-state index in [2.05, 4.69) is 23.2 Å². The first kappa shape index (κ1) is 10.8. The number of hydrogen-bond donors (Lipinski definition) is 0. The van der Waals surface area contributed by atoms with Gasteiger partial charge in [-0.15, -0.1) is 0 Å². The van der Waals surface area contributed by atoms with Crippen molar-refractivity contribution in [2.24, 2.45) is 0 Å². The van der Waals surface area contributed by atoms with Crippen LogP contribution in [0, 0.1) is 0 Å². The first-order chi connectivity index (χ1) is 3.46. The van der Waals surface area contributed by atoms with Crippen LogP contribution in [0.15, 0.2) is 0 Å². The Morgan fingerprint density at radius 1 is 1.12 bits per heavy atom. The van der Waals surface area contributed by atoms with Crippen molar-refractivity contribution < 1.29 is 9.59 Å². The lowest BCUT2D eigenvalue weighted by Crippen LogP contribution is -1.69. The monoisotopic (exact) mass is 156 g/mol. The summed E-state index contributed by atoms with van der Waals surface area (Å²) >= 11 is 8.80. The molecule has 0 N–H and O–H groups in total. The summed E-state index contributed by atoms with van der Waals surface area (Å²) in [4.78, 5) is 18.4. The summed E-state index contributed by atoms with van der Waals surface area (Å²) in [7, 11) is 0. The quantitative estimate of drug-likeness (QED) is 0.505. The minimum Gasteiger partial charge on any atom is -0.300 e. The predicted octanol–water partition coefficient (Wildman–Crippen LogP) is 2.18. The zero-order valence-electron chi connectivity index (χ0n) is 4.57. The lowest BCUT2D eigenvalue weighted by atomic mass is 10.6. The molecule has 0 saturated carbocycles. The molecule has 0 spiro atoms. The van der Waals surface area contributed by atoms with Crippen molar-refractivity contribution in [1.82, 2.24) is 0 Å². The van der Waals surface area contributed by atoms with Crippen molar-refractivity contribution >= 4 is 33.7 Å². The average molecular weight is 157 g/mol. The third-order valence-corrected chi connectivity index (χ3v) is 0. The third kappa shape index (κ3) is 22400. The van der Waals surface area contributed by atoms with Gasteiger partial charge in [-0.25, -0.2) is 0 Å². The highest BCUT2D eigenvalue weighted by molar-refractivity contribution is 6.93. The molecule has 0 aliphatic carbocycles. The minimum absolute atomic E-state index is 0.167. The standard InChI is InChI=1S/C3H6O.CCl2O/c1-3(2)4;2-1(3)4/h1-2H3;. The van der Waals surface area contributed by atoms with E-state index in [0.717, 1.165) is 0 Å². The van der Waals surface area contributed by atoms with Crippen LogP contribution in [0.4, 0.5) is 4.79 Å². The summed E-state index contributed by atoms with van der Waals surface area (Å²) in [5, 5.41) is 0. The zero-order chi connectivity index (χ0) is 7.15. The van der Waals surface area contributed by atoms with E-state index in [-0.39, 0.29) is 5.78 Å². The number of rotatable bonds is 0. The molecule has 2 nitrogen and oxygen atoms in total. The van der Waals surface area contributed by atoms with Gasteiger partial charge in [0, 0.05) is 0 Å². The van der Waals surface area contributed by atoms with E-state index in [1.54, 1.807) is 0 Å². The maximum absolute atomic E-state index is 9.44. The van der Waals surface area contributed by atoms with Crippen molar-refractivity contribution in [1.29, 1.82) is 0 Å². The molecule has 0 aromatic carbocycles. The second kappa shape index (κ2) is 6.92. The fraction of sp³-hybridized carbons (Fsp3) is 0.500. The topological polar surface area (TPSA) is 34.1 Å². The number of carbonyl (C=O) groups excluding carboxylic acids is 2. The normalized spacial score (nSPS) is 6.50. The van der Waals surface area contributed by atoms with E-state index in [9.17, 15) is 4.79 Å². The molecule has 0 aliphatic heterocycles. The number of halogens is 2. The molecule has 0 heterocycles. The Morgan fingerprint density at radius 2 is 1.12 bits per heavy atom. The number of ketones is 1. The van der Waals surface area contributed by atoms with E-state index in [0.29, 0.717) is 0 Å². The molecule has 0 aromatic rings. The first-order valence-electron chi connectivity index (χ1n) is 1.79. The maximum atomic E-state index is 9.44. The molecule has 0 radical (unpaired) electrons. The molecule has 0 amide bonds. The van der Waals surface area contributed by atoms with E-state index in [1.807, 2.05) is 0 Å². The van der Waals surface area contributed by atoms with Crippen molar-refractivity contribution in [3.8, 4) is 0 Å². The van der Waals surface area contributed by atoms with Crippen molar-refractivity contribution in [3.63, 3.8) is 0 Å². The Bertz CT molecular complexity index is 70.0. The Hall–Kier alpha value is -0.0800. The first-order valence-corrected chi connectivity index (χ1v) is 2.54. The van der Waals surface area contributed by atoms with Gasteiger partial charge in [0.05, 0.1) is 0 Å². The fourth-order valence-electron chi connectivity index (χ4n) is 0. The van der Waals surface area contributed by atoms with Gasteiger partial charge >= 0.3 is 4.70 Å². The second-order valence-corrected chi connectivity index (χ2v) is 2.01. The Balaban J connectivity index is 0. The molecular weight excluding hydrogens is 151 g/mol. The molecule has 48 valence electrons. The molecule has 0 aromatic heterocycles. The van der Waals surface area contributed by atoms with Gasteiger partial charge in [-0.05, 0) is 37.0 Å². The molecule has 4 heteroatoms. The van der Waals surface area contributed by atoms with Gasteiger partial charge < -0.3 is 4.79 Å². The highest BCUT2D eigenvalue weighted by Crippen LogP contribution is 1.84. The van der Waals surface area contributed by atoms with Crippen LogP contribution in [0.25, 0.3) is 0 Å². The third-order valence-electron chi connectivity index (χ3n) is 0. The molecule has 0 rings (SSSR count). The summed E-state index contributed by atoms with van der Waals surface area (Å²) in [5.74, 6) is 0.167. The molecule has 0 aliphatic rings. The Labute approximate surface area is 57.8 Å². The van der Waals surface area contributed by atoms with Crippen LogP contribution in [0.1, 0.15) is 13.8 Å². The summed E-state index contributed by atoms with van der Waals surface area (Å²) in [6.45, 7) is 3.06. The van der Waals surface area contributed by atoms with E-state index < -0.39 is 4.70 Å². The molecular formula is C4H6Cl2O2. The van der Waals surface area contributed by atoms with Crippen molar-refractivity contribution in [2.75, 3.05) is 0 Å². The maximum Gasteiger partial charge on any atom is 0.313 e. The molecule has 0 fully saturated rings. The molecule has 0 atom stereocenters. The van der Waals surface area contributed by atoms with Crippen LogP contribution < -0.4 is 0 Å². The number of Topliss-reactive ketones (excluding diaryl/α,β-unsaturated/α-hetero) is 1. The lowest BCUT2D eigenvalue weighted by Gasteiger charge is -1.56. The predicted molar refractivity (Wildman–Crippen MR) is 33.5 cm³/mol. The minimum atomic E-state index is -0.889. The number of hydrogen-bond acceptors (Lipinski definition) is 2. The van der Waals surface area contributed by atoms with Crippen LogP contribution >= 0.6 is 23.2 Å². The summed E-state index contributed by atoms with van der Waals surface area (Å²) in [6, 6.07) is 0. The molecule has 8 heavy (non-hydrogen) atoms. The average Bonchev–Trinajstić information content (AvgIpc) is 1.25. The Kier molecular flexibility index (Phi) is 9.36. The van der Waals surface area contributed by atoms with Gasteiger partial charge in [0.15, 0.2) is 0 Å².